The van der Waals surface area contributed by atoms with E-state index in [1.54, 1.807) is 0 Å². The van der Waals surface area contributed by atoms with E-state index in [1.165, 1.54) is 18.2 Å². The van der Waals surface area contributed by atoms with Crippen molar-refractivity contribution in [3.8, 4) is 0 Å². The number of aromatic carboxylic acids is 1. The summed E-state index contributed by atoms with van der Waals surface area (Å²) >= 11 is 5.71. The van der Waals surface area contributed by atoms with Crippen LogP contribution in [0.5, 0.6) is 0 Å². The maximum atomic E-state index is 10.9. The topological polar surface area (TPSA) is 98.0 Å². The fraction of sp³-hybridized carbons (Fsp3) is 0.364. The van der Waals surface area contributed by atoms with Crippen molar-refractivity contribution in [2.24, 2.45) is 0 Å². The SMILES string of the molecule is O=C(O)c1ccc(Cl)cc1C(O)C(O)CCO. The van der Waals surface area contributed by atoms with Gasteiger partial charge in [0.15, 0.2) is 0 Å². The lowest BCUT2D eigenvalue weighted by molar-refractivity contribution is 0.00351. The smallest absolute Gasteiger partial charge is 0.336 e. The molecule has 0 aliphatic carbocycles. The second kappa shape index (κ2) is 5.97. The Morgan fingerprint density at radius 3 is 2.53 bits per heavy atom. The van der Waals surface area contributed by atoms with E-state index in [2.05, 4.69) is 0 Å². The number of halogens is 1. The highest BCUT2D eigenvalue weighted by molar-refractivity contribution is 6.30. The number of carbonyl (C=O) groups is 1. The molecule has 2 atom stereocenters. The second-order valence-electron chi connectivity index (χ2n) is 3.56. The molecule has 0 amide bonds. The van der Waals surface area contributed by atoms with E-state index in [0.29, 0.717) is 0 Å². The lowest BCUT2D eigenvalue weighted by Gasteiger charge is -2.19. The maximum absolute atomic E-state index is 10.9. The minimum atomic E-state index is -1.40. The molecule has 0 saturated heterocycles. The molecular weight excluding hydrogens is 248 g/mol. The van der Waals surface area contributed by atoms with Gasteiger partial charge in [0.25, 0.3) is 0 Å². The molecule has 0 bridgehead atoms. The third kappa shape index (κ3) is 3.41. The molecule has 0 aliphatic rings. The molecule has 1 aromatic rings. The molecule has 94 valence electrons. The number of aliphatic hydroxyl groups excluding tert-OH is 3. The zero-order valence-corrected chi connectivity index (χ0v) is 9.63. The number of carboxylic acids is 1. The summed E-state index contributed by atoms with van der Waals surface area (Å²) in [6.45, 7) is -0.304. The molecule has 0 aliphatic heterocycles. The van der Waals surface area contributed by atoms with Crippen LogP contribution in [-0.4, -0.2) is 39.1 Å². The Morgan fingerprint density at radius 1 is 1.35 bits per heavy atom. The van der Waals surface area contributed by atoms with Crippen LogP contribution in [0.4, 0.5) is 0 Å². The summed E-state index contributed by atoms with van der Waals surface area (Å²) in [4.78, 5) is 10.9. The molecule has 0 fully saturated rings. The van der Waals surface area contributed by atoms with Crippen LogP contribution in [0.25, 0.3) is 0 Å². The molecule has 2 unspecified atom stereocenters. The summed E-state index contributed by atoms with van der Waals surface area (Å²) in [6, 6.07) is 3.94. The van der Waals surface area contributed by atoms with Crippen LogP contribution >= 0.6 is 11.6 Å². The predicted octanol–water partition coefficient (Wildman–Crippen LogP) is 0.815. The van der Waals surface area contributed by atoms with Gasteiger partial charge in [-0.15, -0.1) is 0 Å². The lowest BCUT2D eigenvalue weighted by atomic mass is 9.97. The van der Waals surface area contributed by atoms with Crippen LogP contribution in [0, 0.1) is 0 Å². The average Bonchev–Trinajstić information content (AvgIpc) is 2.27. The monoisotopic (exact) mass is 260 g/mol. The van der Waals surface area contributed by atoms with E-state index >= 15 is 0 Å². The van der Waals surface area contributed by atoms with Crippen LogP contribution < -0.4 is 0 Å². The Labute approximate surface area is 103 Å². The molecule has 1 rings (SSSR count). The number of benzene rings is 1. The molecule has 0 aromatic heterocycles. The summed E-state index contributed by atoms with van der Waals surface area (Å²) in [5.41, 5.74) is -0.0927. The predicted molar refractivity (Wildman–Crippen MR) is 61.1 cm³/mol. The highest BCUT2D eigenvalue weighted by atomic mass is 35.5. The third-order valence-electron chi connectivity index (χ3n) is 2.35. The first-order valence-corrected chi connectivity index (χ1v) is 5.35. The van der Waals surface area contributed by atoms with E-state index in [-0.39, 0.29) is 29.2 Å². The highest BCUT2D eigenvalue weighted by Gasteiger charge is 2.23. The van der Waals surface area contributed by atoms with E-state index in [0.717, 1.165) is 0 Å². The van der Waals surface area contributed by atoms with Crippen molar-refractivity contribution >= 4 is 17.6 Å². The van der Waals surface area contributed by atoms with Gasteiger partial charge in [0.2, 0.25) is 0 Å². The summed E-state index contributed by atoms with van der Waals surface area (Å²) in [6.07, 6.45) is -2.68. The number of rotatable bonds is 5. The van der Waals surface area contributed by atoms with Crippen LogP contribution in [0.15, 0.2) is 18.2 Å². The van der Waals surface area contributed by atoms with E-state index in [1.807, 2.05) is 0 Å². The first-order valence-electron chi connectivity index (χ1n) is 4.97. The largest absolute Gasteiger partial charge is 0.478 e. The van der Waals surface area contributed by atoms with Crippen molar-refractivity contribution in [3.63, 3.8) is 0 Å². The van der Waals surface area contributed by atoms with Crippen molar-refractivity contribution in [1.29, 1.82) is 0 Å². The molecule has 0 heterocycles. The van der Waals surface area contributed by atoms with Gasteiger partial charge in [-0.25, -0.2) is 4.79 Å². The van der Waals surface area contributed by atoms with Crippen molar-refractivity contribution in [1.82, 2.24) is 0 Å². The number of hydrogen-bond acceptors (Lipinski definition) is 4. The Morgan fingerprint density at radius 2 is 2.00 bits per heavy atom. The Bertz CT molecular complexity index is 407. The van der Waals surface area contributed by atoms with Gasteiger partial charge in [-0.3, -0.25) is 0 Å². The Kier molecular flexibility index (Phi) is 4.89. The first kappa shape index (κ1) is 13.9. The first-order chi connectivity index (χ1) is 7.97. The van der Waals surface area contributed by atoms with Crippen LogP contribution in [-0.2, 0) is 0 Å². The standard InChI is InChI=1S/C11H13ClO5/c12-6-1-2-7(11(16)17)8(5-6)10(15)9(14)3-4-13/h1-2,5,9-10,13-15H,3-4H2,(H,16,17). The molecule has 17 heavy (non-hydrogen) atoms. The van der Waals surface area contributed by atoms with Gasteiger partial charge in [0, 0.05) is 11.6 Å². The molecule has 4 N–H and O–H groups in total. The van der Waals surface area contributed by atoms with Gasteiger partial charge in [0.1, 0.15) is 6.10 Å². The zero-order valence-electron chi connectivity index (χ0n) is 8.88. The number of carboxylic acid groups (broad SMARTS) is 1. The van der Waals surface area contributed by atoms with Gasteiger partial charge >= 0.3 is 5.97 Å². The Hall–Kier alpha value is -1.14. The normalized spacial score (nSPS) is 14.4. The molecule has 0 saturated carbocycles. The fourth-order valence-electron chi connectivity index (χ4n) is 1.47. The molecule has 5 nitrogen and oxygen atoms in total. The minimum absolute atomic E-state index is 0.0333. The summed E-state index contributed by atoms with van der Waals surface area (Å²) in [7, 11) is 0. The van der Waals surface area contributed by atoms with Crippen LogP contribution in [0.2, 0.25) is 5.02 Å². The minimum Gasteiger partial charge on any atom is -0.478 e. The maximum Gasteiger partial charge on any atom is 0.336 e. The van der Waals surface area contributed by atoms with Crippen molar-refractivity contribution < 1.29 is 25.2 Å². The van der Waals surface area contributed by atoms with Gasteiger partial charge < -0.3 is 20.4 Å². The van der Waals surface area contributed by atoms with Gasteiger partial charge in [-0.1, -0.05) is 11.6 Å². The van der Waals surface area contributed by atoms with Crippen LogP contribution in [0.1, 0.15) is 28.4 Å². The highest BCUT2D eigenvalue weighted by Crippen LogP contribution is 2.26. The fourth-order valence-corrected chi connectivity index (χ4v) is 1.65. The van der Waals surface area contributed by atoms with Crippen molar-refractivity contribution in [2.75, 3.05) is 6.61 Å². The average molecular weight is 261 g/mol. The van der Waals surface area contributed by atoms with Gasteiger partial charge in [-0.2, -0.15) is 0 Å². The van der Waals surface area contributed by atoms with Crippen molar-refractivity contribution in [3.05, 3.63) is 34.3 Å². The number of hydrogen-bond donors (Lipinski definition) is 4. The zero-order chi connectivity index (χ0) is 13.0. The summed E-state index contributed by atoms with van der Waals surface area (Å²) in [5, 5.41) is 37.2. The van der Waals surface area contributed by atoms with Gasteiger partial charge in [0.05, 0.1) is 11.7 Å². The lowest BCUT2D eigenvalue weighted by Crippen LogP contribution is -2.21. The number of aliphatic hydroxyl groups is 3. The second-order valence-corrected chi connectivity index (χ2v) is 4.00. The van der Waals surface area contributed by atoms with E-state index in [4.69, 9.17) is 21.8 Å². The van der Waals surface area contributed by atoms with E-state index in [9.17, 15) is 15.0 Å². The van der Waals surface area contributed by atoms with Crippen molar-refractivity contribution in [2.45, 2.75) is 18.6 Å². The summed E-state index contributed by atoms with van der Waals surface area (Å²) in [5.74, 6) is -1.22. The molecular formula is C11H13ClO5. The van der Waals surface area contributed by atoms with Crippen LogP contribution in [0.3, 0.4) is 0 Å². The molecule has 6 heteroatoms. The quantitative estimate of drug-likeness (QED) is 0.628. The van der Waals surface area contributed by atoms with Gasteiger partial charge in [-0.05, 0) is 30.2 Å². The summed E-state index contributed by atoms with van der Waals surface area (Å²) < 4.78 is 0. The third-order valence-corrected chi connectivity index (χ3v) is 2.59. The van der Waals surface area contributed by atoms with E-state index < -0.39 is 18.2 Å². The molecule has 1 aromatic carbocycles. The molecule has 0 spiro atoms. The molecule has 0 radical (unpaired) electrons. The Balaban J connectivity index is 3.10.